The molecule has 0 saturated carbocycles. The van der Waals surface area contributed by atoms with Gasteiger partial charge in [-0.25, -0.2) is 9.98 Å². The van der Waals surface area contributed by atoms with Gasteiger partial charge in [-0.05, 0) is 45.8 Å². The van der Waals surface area contributed by atoms with E-state index in [4.69, 9.17) is 0 Å². The molecule has 0 aliphatic rings. The van der Waals surface area contributed by atoms with Crippen LogP contribution in [0.1, 0.15) is 33.6 Å². The molecule has 0 atom stereocenters. The van der Waals surface area contributed by atoms with Crippen LogP contribution in [0.15, 0.2) is 58.4 Å². The molecule has 6 heteroatoms. The molecule has 0 unspecified atom stereocenters. The van der Waals surface area contributed by atoms with Gasteiger partial charge in [-0.1, -0.05) is 24.8 Å². The number of alkyl halides is 3. The van der Waals surface area contributed by atoms with Gasteiger partial charge in [0.1, 0.15) is 12.1 Å². The first-order valence-corrected chi connectivity index (χ1v) is 6.61. The molecule has 122 valence electrons. The highest BCUT2D eigenvalue weighted by Crippen LogP contribution is 2.21. The van der Waals surface area contributed by atoms with E-state index in [-0.39, 0.29) is 5.76 Å². The fourth-order valence-corrected chi connectivity index (χ4v) is 1.22. The maximum atomic E-state index is 12.1. The molecule has 0 amide bonds. The largest absolute Gasteiger partial charge is 0.573 e. The predicted molar refractivity (Wildman–Crippen MR) is 84.8 cm³/mol. The Morgan fingerprint density at radius 1 is 1.14 bits per heavy atom. The van der Waals surface area contributed by atoms with Gasteiger partial charge in [-0.3, -0.25) is 0 Å². The summed E-state index contributed by atoms with van der Waals surface area (Å²) in [5.41, 5.74) is 2.41. The average molecular weight is 314 g/mol. The zero-order chi connectivity index (χ0) is 17.2. The van der Waals surface area contributed by atoms with Crippen LogP contribution < -0.4 is 0 Å². The summed E-state index contributed by atoms with van der Waals surface area (Å²) in [6.45, 7) is 12.6. The first kappa shape index (κ1) is 19.9. The third-order valence-corrected chi connectivity index (χ3v) is 2.33. The van der Waals surface area contributed by atoms with Gasteiger partial charge in [0, 0.05) is 11.4 Å². The Balaban J connectivity index is 4.50. The van der Waals surface area contributed by atoms with Crippen molar-refractivity contribution >= 4 is 12.1 Å². The first-order chi connectivity index (χ1) is 10.1. The van der Waals surface area contributed by atoms with Crippen LogP contribution in [0, 0.1) is 0 Å². The molecule has 0 radical (unpaired) electrons. The van der Waals surface area contributed by atoms with Crippen molar-refractivity contribution in [3.05, 3.63) is 48.4 Å². The van der Waals surface area contributed by atoms with Gasteiger partial charge in [0.15, 0.2) is 0 Å². The number of hydrogen-bond donors (Lipinski definition) is 0. The molecule has 22 heavy (non-hydrogen) atoms. The van der Waals surface area contributed by atoms with Gasteiger partial charge in [0.2, 0.25) is 0 Å². The Labute approximate surface area is 129 Å². The van der Waals surface area contributed by atoms with Crippen molar-refractivity contribution in [3.63, 3.8) is 0 Å². The van der Waals surface area contributed by atoms with Crippen LogP contribution in [0.3, 0.4) is 0 Å². The number of aliphatic imine (C=N–C) groups is 2. The second kappa shape index (κ2) is 9.76. The molecule has 0 bridgehead atoms. The van der Waals surface area contributed by atoms with Crippen molar-refractivity contribution in [3.8, 4) is 0 Å². The van der Waals surface area contributed by atoms with Crippen LogP contribution in [-0.4, -0.2) is 18.4 Å². The summed E-state index contributed by atoms with van der Waals surface area (Å²) in [6, 6.07) is 0. The first-order valence-electron chi connectivity index (χ1n) is 6.61. The molecule has 0 aliphatic heterocycles. The smallest absolute Gasteiger partial charge is 0.406 e. The molecule has 0 aromatic rings. The maximum absolute atomic E-state index is 12.1. The number of ether oxygens (including phenoxy) is 1. The topological polar surface area (TPSA) is 34.0 Å². The van der Waals surface area contributed by atoms with E-state index in [1.54, 1.807) is 13.0 Å². The van der Waals surface area contributed by atoms with Crippen LogP contribution in [0.2, 0.25) is 0 Å². The standard InChI is InChI=1S/C16H21F3N2O/c1-6-15(22-16(17,18)19)10-8-13(4)7-9-14(5)21-11-20-12(2)3/h6,8,10-11H,1,5,7,9H2,2-4H3/b13-8+,15-10+,21-11?. The normalized spacial score (nSPS) is 13.2. The molecule has 3 nitrogen and oxygen atoms in total. The lowest BCUT2D eigenvalue weighted by molar-refractivity contribution is -0.303. The SMILES string of the molecule is C=C/C(=C\C=C(/C)CCC(=C)N=CN=C(C)C)OC(F)(F)F. The van der Waals surface area contributed by atoms with E-state index in [9.17, 15) is 13.2 Å². The van der Waals surface area contributed by atoms with Crippen LogP contribution >= 0.6 is 0 Å². The highest BCUT2D eigenvalue weighted by Gasteiger charge is 2.31. The lowest BCUT2D eigenvalue weighted by Gasteiger charge is -2.08. The molecule has 0 saturated heterocycles. The summed E-state index contributed by atoms with van der Waals surface area (Å²) in [7, 11) is 0. The molecular weight excluding hydrogens is 293 g/mol. The summed E-state index contributed by atoms with van der Waals surface area (Å²) in [5.74, 6) is -0.351. The minimum Gasteiger partial charge on any atom is -0.406 e. The minimum atomic E-state index is -4.72. The van der Waals surface area contributed by atoms with Gasteiger partial charge in [-0.2, -0.15) is 0 Å². The van der Waals surface area contributed by atoms with Gasteiger partial charge in [0.25, 0.3) is 0 Å². The zero-order valence-electron chi connectivity index (χ0n) is 13.1. The number of nitrogens with zero attached hydrogens (tertiary/aromatic N) is 2. The van der Waals surface area contributed by atoms with E-state index in [0.717, 1.165) is 17.4 Å². The fourth-order valence-electron chi connectivity index (χ4n) is 1.22. The molecule has 0 aromatic carbocycles. The van der Waals surface area contributed by atoms with E-state index in [1.165, 1.54) is 12.4 Å². The number of rotatable bonds is 8. The van der Waals surface area contributed by atoms with Gasteiger partial charge in [0.05, 0.1) is 0 Å². The van der Waals surface area contributed by atoms with Crippen molar-refractivity contribution in [2.45, 2.75) is 40.0 Å². The van der Waals surface area contributed by atoms with E-state index in [2.05, 4.69) is 27.9 Å². The van der Waals surface area contributed by atoms with Crippen molar-refractivity contribution in [1.82, 2.24) is 0 Å². The number of allylic oxidation sites excluding steroid dienone is 5. The Morgan fingerprint density at radius 2 is 1.77 bits per heavy atom. The Hall–Kier alpha value is -2.11. The lowest BCUT2D eigenvalue weighted by atomic mass is 10.1. The second-order valence-corrected chi connectivity index (χ2v) is 4.72. The molecule has 0 fully saturated rings. The van der Waals surface area contributed by atoms with Crippen LogP contribution in [0.5, 0.6) is 0 Å². The highest BCUT2D eigenvalue weighted by molar-refractivity contribution is 5.86. The van der Waals surface area contributed by atoms with E-state index < -0.39 is 6.36 Å². The summed E-state index contributed by atoms with van der Waals surface area (Å²) < 4.78 is 40.0. The average Bonchev–Trinajstić information content (AvgIpc) is 2.39. The molecule has 0 N–H and O–H groups in total. The summed E-state index contributed by atoms with van der Waals surface area (Å²) in [4.78, 5) is 8.06. The van der Waals surface area contributed by atoms with Crippen molar-refractivity contribution < 1.29 is 17.9 Å². The number of halogens is 3. The third-order valence-electron chi connectivity index (χ3n) is 2.33. The molecule has 0 aliphatic carbocycles. The quantitative estimate of drug-likeness (QED) is 0.257. The molecule has 0 rings (SSSR count). The Bertz CT molecular complexity index is 508. The monoisotopic (exact) mass is 314 g/mol. The van der Waals surface area contributed by atoms with E-state index in [1.807, 2.05) is 13.8 Å². The van der Waals surface area contributed by atoms with Crippen molar-refractivity contribution in [2.75, 3.05) is 0 Å². The van der Waals surface area contributed by atoms with Crippen molar-refractivity contribution in [2.24, 2.45) is 9.98 Å². The fraction of sp³-hybridized carbons (Fsp3) is 0.375. The Kier molecular flexibility index (Phi) is 8.82. The lowest BCUT2D eigenvalue weighted by Crippen LogP contribution is -2.11. The summed E-state index contributed by atoms with van der Waals surface area (Å²) in [6.07, 6.45) is 1.71. The van der Waals surface area contributed by atoms with Crippen LogP contribution in [0.4, 0.5) is 13.2 Å². The van der Waals surface area contributed by atoms with E-state index >= 15 is 0 Å². The minimum absolute atomic E-state index is 0.351. The molecular formula is C16H21F3N2O. The Morgan fingerprint density at radius 3 is 2.27 bits per heavy atom. The molecule has 0 spiro atoms. The maximum Gasteiger partial charge on any atom is 0.573 e. The summed E-state index contributed by atoms with van der Waals surface area (Å²) >= 11 is 0. The second-order valence-electron chi connectivity index (χ2n) is 4.72. The zero-order valence-corrected chi connectivity index (χ0v) is 13.1. The third kappa shape index (κ3) is 11.7. The summed E-state index contributed by atoms with van der Waals surface area (Å²) in [5, 5.41) is 0. The van der Waals surface area contributed by atoms with Gasteiger partial charge < -0.3 is 4.74 Å². The van der Waals surface area contributed by atoms with Crippen LogP contribution in [0.25, 0.3) is 0 Å². The highest BCUT2D eigenvalue weighted by atomic mass is 19.4. The molecule has 0 aromatic heterocycles. The van der Waals surface area contributed by atoms with Gasteiger partial charge >= 0.3 is 6.36 Å². The number of hydrogen-bond acceptors (Lipinski definition) is 2. The van der Waals surface area contributed by atoms with Crippen LogP contribution in [-0.2, 0) is 4.74 Å². The van der Waals surface area contributed by atoms with Crippen molar-refractivity contribution in [1.29, 1.82) is 0 Å². The molecule has 0 heterocycles. The predicted octanol–water partition coefficient (Wildman–Crippen LogP) is 5.34. The van der Waals surface area contributed by atoms with E-state index in [0.29, 0.717) is 18.5 Å². The van der Waals surface area contributed by atoms with Gasteiger partial charge in [-0.15, -0.1) is 13.2 Å².